The Kier molecular flexibility index (Phi) is 5.56. The van der Waals surface area contributed by atoms with Crippen LogP contribution in [0.4, 0.5) is 0 Å². The van der Waals surface area contributed by atoms with Gasteiger partial charge in [0.15, 0.2) is 0 Å². The van der Waals surface area contributed by atoms with Crippen molar-refractivity contribution in [2.75, 3.05) is 32.8 Å². The largest absolute Gasteiger partial charge is 0.372 e. The molecule has 1 heterocycles. The molecule has 14 heavy (non-hydrogen) atoms. The molecule has 1 atom stereocenters. The smallest absolute Gasteiger partial charge is 0.245 e. The van der Waals surface area contributed by atoms with Crippen LogP contribution in [-0.4, -0.2) is 38.8 Å². The van der Waals surface area contributed by atoms with Gasteiger partial charge in [-0.15, -0.1) is 0 Å². The number of hydrogen-bond donors (Lipinski definition) is 2. The molecule has 0 spiro atoms. The van der Waals surface area contributed by atoms with Crippen molar-refractivity contribution in [1.29, 1.82) is 0 Å². The van der Waals surface area contributed by atoms with Crippen LogP contribution in [0.1, 0.15) is 19.8 Å². The van der Waals surface area contributed by atoms with E-state index in [1.807, 2.05) is 6.92 Å². The Labute approximate surface area is 85.4 Å². The highest BCUT2D eigenvalue weighted by molar-refractivity contribution is 5.77. The Balaban J connectivity index is 1.94. The van der Waals surface area contributed by atoms with Gasteiger partial charge in [-0.3, -0.25) is 4.79 Å². The van der Waals surface area contributed by atoms with Crippen molar-refractivity contribution < 1.29 is 9.53 Å². The van der Waals surface area contributed by atoms with Gasteiger partial charge in [-0.1, -0.05) is 0 Å². The second-order valence-electron chi connectivity index (χ2n) is 3.63. The molecular weight excluding hydrogens is 180 g/mol. The van der Waals surface area contributed by atoms with E-state index in [1.54, 1.807) is 0 Å². The zero-order valence-electron chi connectivity index (χ0n) is 8.84. The molecule has 0 aromatic rings. The minimum Gasteiger partial charge on any atom is -0.372 e. The maximum Gasteiger partial charge on any atom is 0.245 e. The van der Waals surface area contributed by atoms with Crippen molar-refractivity contribution in [3.05, 3.63) is 0 Å². The highest BCUT2D eigenvalue weighted by atomic mass is 16.5. The van der Waals surface area contributed by atoms with Gasteiger partial charge in [-0.2, -0.15) is 0 Å². The first-order chi connectivity index (χ1) is 6.83. The molecule has 1 aliphatic rings. The number of amides is 1. The summed E-state index contributed by atoms with van der Waals surface area (Å²) in [7, 11) is 0. The minimum absolute atomic E-state index is 0.00203. The Morgan fingerprint density at radius 2 is 2.50 bits per heavy atom. The molecular formula is C10H20N2O2. The summed E-state index contributed by atoms with van der Waals surface area (Å²) in [5.41, 5.74) is 0. The number of carbonyl (C=O) groups excluding carboxylic acids is 1. The monoisotopic (exact) mass is 200 g/mol. The molecule has 1 rings (SSSR count). The van der Waals surface area contributed by atoms with Crippen molar-refractivity contribution in [3.63, 3.8) is 0 Å². The SMILES string of the molecule is CCOCC(=O)NCCC1CCNC1. The zero-order valence-corrected chi connectivity index (χ0v) is 8.84. The summed E-state index contributed by atoms with van der Waals surface area (Å²) in [6.07, 6.45) is 2.31. The predicted octanol–water partition coefficient (Wildman–Crippen LogP) is 0.139. The lowest BCUT2D eigenvalue weighted by molar-refractivity contribution is -0.125. The first-order valence-corrected chi connectivity index (χ1v) is 5.38. The minimum atomic E-state index is -0.00203. The molecule has 0 saturated carbocycles. The Hall–Kier alpha value is -0.610. The number of nitrogens with one attached hydrogen (secondary N) is 2. The van der Waals surface area contributed by atoms with Crippen LogP contribution >= 0.6 is 0 Å². The maximum atomic E-state index is 11.1. The number of hydrogen-bond acceptors (Lipinski definition) is 3. The van der Waals surface area contributed by atoms with Gasteiger partial charge in [0.05, 0.1) is 0 Å². The average Bonchev–Trinajstić information content (AvgIpc) is 2.67. The number of carbonyl (C=O) groups is 1. The van der Waals surface area contributed by atoms with Gasteiger partial charge in [-0.05, 0) is 38.8 Å². The van der Waals surface area contributed by atoms with E-state index in [4.69, 9.17) is 4.74 Å². The third-order valence-corrected chi connectivity index (χ3v) is 2.47. The lowest BCUT2D eigenvalue weighted by Crippen LogP contribution is -2.29. The summed E-state index contributed by atoms with van der Waals surface area (Å²) in [5.74, 6) is 0.736. The summed E-state index contributed by atoms with van der Waals surface area (Å²) in [5, 5.41) is 6.16. The van der Waals surface area contributed by atoms with Gasteiger partial charge in [0.2, 0.25) is 5.91 Å². The lowest BCUT2D eigenvalue weighted by Gasteiger charge is -2.09. The lowest BCUT2D eigenvalue weighted by atomic mass is 10.1. The fourth-order valence-electron chi connectivity index (χ4n) is 1.62. The van der Waals surface area contributed by atoms with Crippen LogP contribution in [0.2, 0.25) is 0 Å². The van der Waals surface area contributed by atoms with Crippen LogP contribution in [0.3, 0.4) is 0 Å². The summed E-state index contributed by atoms with van der Waals surface area (Å²) < 4.78 is 4.99. The topological polar surface area (TPSA) is 50.4 Å². The molecule has 1 unspecified atom stereocenters. The first kappa shape index (κ1) is 11.5. The standard InChI is InChI=1S/C10H20N2O2/c1-2-14-8-10(13)12-6-4-9-3-5-11-7-9/h9,11H,2-8H2,1H3,(H,12,13). The molecule has 2 N–H and O–H groups in total. The van der Waals surface area contributed by atoms with Crippen molar-refractivity contribution >= 4 is 5.91 Å². The quantitative estimate of drug-likeness (QED) is 0.641. The Morgan fingerprint density at radius 3 is 3.14 bits per heavy atom. The van der Waals surface area contributed by atoms with Gasteiger partial charge >= 0.3 is 0 Å². The Morgan fingerprint density at radius 1 is 1.64 bits per heavy atom. The van der Waals surface area contributed by atoms with E-state index in [0.717, 1.165) is 32.0 Å². The molecule has 4 nitrogen and oxygen atoms in total. The second kappa shape index (κ2) is 6.79. The third kappa shape index (κ3) is 4.58. The highest BCUT2D eigenvalue weighted by Gasteiger charge is 2.13. The molecule has 0 aromatic carbocycles. The van der Waals surface area contributed by atoms with Crippen LogP contribution in [0.5, 0.6) is 0 Å². The maximum absolute atomic E-state index is 11.1. The van der Waals surface area contributed by atoms with E-state index in [1.165, 1.54) is 6.42 Å². The van der Waals surface area contributed by atoms with Gasteiger partial charge in [0, 0.05) is 13.2 Å². The van der Waals surface area contributed by atoms with E-state index in [2.05, 4.69) is 10.6 Å². The molecule has 1 fully saturated rings. The third-order valence-electron chi connectivity index (χ3n) is 2.47. The van der Waals surface area contributed by atoms with Crippen LogP contribution in [0.15, 0.2) is 0 Å². The molecule has 0 aliphatic carbocycles. The van der Waals surface area contributed by atoms with Gasteiger partial charge < -0.3 is 15.4 Å². The van der Waals surface area contributed by atoms with Crippen molar-refractivity contribution in [2.24, 2.45) is 5.92 Å². The van der Waals surface area contributed by atoms with Crippen LogP contribution in [-0.2, 0) is 9.53 Å². The van der Waals surface area contributed by atoms with Crippen LogP contribution < -0.4 is 10.6 Å². The van der Waals surface area contributed by atoms with Crippen LogP contribution in [0, 0.1) is 5.92 Å². The zero-order chi connectivity index (χ0) is 10.2. The van der Waals surface area contributed by atoms with Crippen molar-refractivity contribution in [1.82, 2.24) is 10.6 Å². The molecule has 0 aromatic heterocycles. The fourth-order valence-corrected chi connectivity index (χ4v) is 1.62. The predicted molar refractivity (Wildman–Crippen MR) is 55.1 cm³/mol. The number of rotatable bonds is 6. The van der Waals surface area contributed by atoms with Gasteiger partial charge in [0.1, 0.15) is 6.61 Å². The summed E-state index contributed by atoms with van der Waals surface area (Å²) in [6.45, 7) is 5.67. The molecule has 4 heteroatoms. The second-order valence-corrected chi connectivity index (χ2v) is 3.63. The van der Waals surface area contributed by atoms with E-state index in [0.29, 0.717) is 6.61 Å². The van der Waals surface area contributed by atoms with E-state index in [9.17, 15) is 4.79 Å². The van der Waals surface area contributed by atoms with E-state index >= 15 is 0 Å². The summed E-state index contributed by atoms with van der Waals surface area (Å²) >= 11 is 0. The molecule has 1 saturated heterocycles. The molecule has 1 aliphatic heterocycles. The number of ether oxygens (including phenoxy) is 1. The summed E-state index contributed by atoms with van der Waals surface area (Å²) in [4.78, 5) is 11.1. The van der Waals surface area contributed by atoms with Crippen molar-refractivity contribution in [2.45, 2.75) is 19.8 Å². The Bertz CT molecular complexity index is 168. The average molecular weight is 200 g/mol. The molecule has 1 amide bonds. The molecule has 82 valence electrons. The normalized spacial score (nSPS) is 21.1. The first-order valence-electron chi connectivity index (χ1n) is 5.38. The van der Waals surface area contributed by atoms with Gasteiger partial charge in [0.25, 0.3) is 0 Å². The summed E-state index contributed by atoms with van der Waals surface area (Å²) in [6, 6.07) is 0. The molecule has 0 radical (unpaired) electrons. The van der Waals surface area contributed by atoms with E-state index in [-0.39, 0.29) is 12.5 Å². The highest BCUT2D eigenvalue weighted by Crippen LogP contribution is 2.10. The molecule has 0 bridgehead atoms. The van der Waals surface area contributed by atoms with Crippen molar-refractivity contribution in [3.8, 4) is 0 Å². The van der Waals surface area contributed by atoms with E-state index < -0.39 is 0 Å². The fraction of sp³-hybridized carbons (Fsp3) is 0.900. The van der Waals surface area contributed by atoms with Crippen LogP contribution in [0.25, 0.3) is 0 Å². The van der Waals surface area contributed by atoms with Gasteiger partial charge in [-0.25, -0.2) is 0 Å².